The molecule has 2 unspecified atom stereocenters. The molecular weight excluding hydrogens is 448 g/mol. The molecule has 0 fully saturated rings. The lowest BCUT2D eigenvalue weighted by molar-refractivity contribution is 0.733. The number of hydrogen-bond donors (Lipinski definition) is 1. The zero-order valence-electron chi connectivity index (χ0n) is 21.9. The molecule has 0 saturated carbocycles. The van der Waals surface area contributed by atoms with Gasteiger partial charge in [-0.3, -0.25) is 0 Å². The molecule has 1 aliphatic carbocycles. The van der Waals surface area contributed by atoms with E-state index in [0.29, 0.717) is 11.8 Å². The number of nitrogens with zero attached hydrogens (tertiary/aromatic N) is 1. The summed E-state index contributed by atoms with van der Waals surface area (Å²) < 4.78 is 0. The lowest BCUT2D eigenvalue weighted by Crippen LogP contribution is -2.13. The monoisotopic (exact) mass is 482 g/mol. The van der Waals surface area contributed by atoms with E-state index >= 15 is 0 Å². The number of fused-ring (bicyclic) bond motifs is 3. The number of aromatic nitrogens is 1. The van der Waals surface area contributed by atoms with Crippen LogP contribution in [0.3, 0.4) is 0 Å². The van der Waals surface area contributed by atoms with Crippen molar-refractivity contribution in [3.05, 3.63) is 120 Å². The van der Waals surface area contributed by atoms with E-state index in [-0.39, 0.29) is 0 Å². The number of para-hydroxylation sites is 2. The van der Waals surface area contributed by atoms with E-state index in [9.17, 15) is 0 Å². The summed E-state index contributed by atoms with van der Waals surface area (Å²) in [5, 5.41) is 1.31. The first-order valence-electron chi connectivity index (χ1n) is 13.5. The highest BCUT2D eigenvalue weighted by atomic mass is 15.1. The maximum Gasteiger partial charge on any atom is 0.0496 e. The molecule has 1 aliphatic rings. The molecule has 2 nitrogen and oxygen atoms in total. The molecule has 1 heterocycles. The van der Waals surface area contributed by atoms with E-state index in [1.54, 1.807) is 0 Å². The van der Waals surface area contributed by atoms with Gasteiger partial charge in [-0.2, -0.15) is 0 Å². The molecular formula is C35H34N2. The zero-order valence-corrected chi connectivity index (χ0v) is 21.9. The maximum absolute atomic E-state index is 3.67. The Morgan fingerprint density at radius 1 is 0.838 bits per heavy atom. The van der Waals surface area contributed by atoms with Gasteiger partial charge in [-0.1, -0.05) is 87.5 Å². The van der Waals surface area contributed by atoms with Crippen LogP contribution in [-0.2, 0) is 0 Å². The van der Waals surface area contributed by atoms with Crippen molar-refractivity contribution >= 4 is 34.0 Å². The van der Waals surface area contributed by atoms with E-state index in [4.69, 9.17) is 0 Å². The van der Waals surface area contributed by atoms with Gasteiger partial charge in [0, 0.05) is 45.1 Å². The lowest BCUT2D eigenvalue weighted by atomic mass is 9.93. The van der Waals surface area contributed by atoms with Crippen molar-refractivity contribution in [1.29, 1.82) is 0 Å². The highest BCUT2D eigenvalue weighted by molar-refractivity contribution is 5.94. The fraction of sp³-hybridized carbons (Fsp3) is 0.200. The molecule has 37 heavy (non-hydrogen) atoms. The largest absolute Gasteiger partial charge is 0.358 e. The van der Waals surface area contributed by atoms with Gasteiger partial charge in [0.05, 0.1) is 0 Å². The second kappa shape index (κ2) is 9.78. The molecule has 1 aromatic heterocycles. The molecule has 2 atom stereocenters. The number of rotatable bonds is 6. The molecule has 184 valence electrons. The van der Waals surface area contributed by atoms with Crippen LogP contribution >= 0.6 is 0 Å². The summed E-state index contributed by atoms with van der Waals surface area (Å²) in [7, 11) is 0. The molecule has 0 aliphatic heterocycles. The van der Waals surface area contributed by atoms with Crippen LogP contribution in [0, 0.1) is 0 Å². The van der Waals surface area contributed by atoms with Crippen LogP contribution in [-0.4, -0.2) is 4.98 Å². The predicted molar refractivity (Wildman–Crippen MR) is 159 cm³/mol. The topological polar surface area (TPSA) is 19.0 Å². The molecule has 2 heteroatoms. The zero-order chi connectivity index (χ0) is 25.4. The van der Waals surface area contributed by atoms with Crippen LogP contribution < -0.4 is 4.90 Å². The number of anilines is 3. The SMILES string of the molecule is CCC(C)c1ccccc1N(c1ccccc1)c1ccc(-c2ccc3[nH]c4c(c3c2)C=CCC4C)cc1. The first-order chi connectivity index (χ1) is 18.1. The third-order valence-electron chi connectivity index (χ3n) is 7.93. The van der Waals surface area contributed by atoms with E-state index in [0.717, 1.165) is 12.8 Å². The van der Waals surface area contributed by atoms with Gasteiger partial charge in [0.1, 0.15) is 0 Å². The Morgan fingerprint density at radius 2 is 1.54 bits per heavy atom. The standard InChI is InChI=1S/C35H34N2/c1-4-24(2)30-14-8-9-16-34(30)37(28-12-6-5-7-13-28)29-20-17-26(18-21-29)27-19-22-33-32(23-27)31-15-10-11-25(3)35(31)36-33/h5-10,12-25,36H,4,11H2,1-3H3. The first kappa shape index (κ1) is 23.4. The quantitative estimate of drug-likeness (QED) is 0.255. The average Bonchev–Trinajstić information content (AvgIpc) is 3.33. The molecule has 1 N–H and O–H groups in total. The van der Waals surface area contributed by atoms with Crippen LogP contribution in [0.2, 0.25) is 0 Å². The molecule has 6 rings (SSSR count). The summed E-state index contributed by atoms with van der Waals surface area (Å²) in [6.07, 6.45) is 6.80. The van der Waals surface area contributed by atoms with Crippen molar-refractivity contribution in [2.45, 2.75) is 45.4 Å². The van der Waals surface area contributed by atoms with E-state index in [2.05, 4.69) is 140 Å². The molecule has 5 aromatic rings. The van der Waals surface area contributed by atoms with Crippen molar-refractivity contribution in [3.8, 4) is 11.1 Å². The average molecular weight is 483 g/mol. The van der Waals surface area contributed by atoms with Crippen LogP contribution in [0.5, 0.6) is 0 Å². The minimum Gasteiger partial charge on any atom is -0.358 e. The fourth-order valence-corrected chi connectivity index (χ4v) is 5.62. The summed E-state index contributed by atoms with van der Waals surface area (Å²) in [5.41, 5.74) is 11.4. The van der Waals surface area contributed by atoms with Crippen LogP contribution in [0.15, 0.2) is 103 Å². The van der Waals surface area contributed by atoms with E-state index < -0.39 is 0 Å². The van der Waals surface area contributed by atoms with Crippen molar-refractivity contribution < 1.29 is 0 Å². The maximum atomic E-state index is 3.67. The third kappa shape index (κ3) is 4.27. The predicted octanol–water partition coefficient (Wildman–Crippen LogP) is 10.3. The van der Waals surface area contributed by atoms with Crippen LogP contribution in [0.25, 0.3) is 28.1 Å². The molecule has 0 radical (unpaired) electrons. The summed E-state index contributed by atoms with van der Waals surface area (Å²) in [6, 6.07) is 35.4. The summed E-state index contributed by atoms with van der Waals surface area (Å²) in [5.74, 6) is 1.02. The van der Waals surface area contributed by atoms with Crippen molar-refractivity contribution in [1.82, 2.24) is 4.98 Å². The highest BCUT2D eigenvalue weighted by Crippen LogP contribution is 2.41. The molecule has 0 bridgehead atoms. The number of benzene rings is 4. The van der Waals surface area contributed by atoms with Gasteiger partial charge in [-0.05, 0) is 77.9 Å². The number of allylic oxidation sites excluding steroid dienone is 1. The second-order valence-electron chi connectivity index (χ2n) is 10.3. The minimum absolute atomic E-state index is 0.484. The minimum atomic E-state index is 0.484. The number of hydrogen-bond acceptors (Lipinski definition) is 1. The summed E-state index contributed by atoms with van der Waals surface area (Å²) in [6.45, 7) is 6.88. The van der Waals surface area contributed by atoms with Crippen molar-refractivity contribution in [2.75, 3.05) is 4.90 Å². The Hall–Kier alpha value is -4.04. The van der Waals surface area contributed by atoms with E-state index in [1.165, 1.54) is 55.9 Å². The highest BCUT2D eigenvalue weighted by Gasteiger charge is 2.20. The molecule has 4 aromatic carbocycles. The summed E-state index contributed by atoms with van der Waals surface area (Å²) in [4.78, 5) is 6.06. The first-order valence-corrected chi connectivity index (χ1v) is 13.5. The Morgan fingerprint density at radius 3 is 2.32 bits per heavy atom. The van der Waals surface area contributed by atoms with Gasteiger partial charge in [-0.25, -0.2) is 0 Å². The van der Waals surface area contributed by atoms with Gasteiger partial charge < -0.3 is 9.88 Å². The smallest absolute Gasteiger partial charge is 0.0496 e. The van der Waals surface area contributed by atoms with Gasteiger partial charge in [0.2, 0.25) is 0 Å². The van der Waals surface area contributed by atoms with Gasteiger partial charge in [0.25, 0.3) is 0 Å². The third-order valence-corrected chi connectivity index (χ3v) is 7.93. The Balaban J connectivity index is 1.41. The summed E-state index contributed by atoms with van der Waals surface area (Å²) >= 11 is 0. The normalized spacial score (nSPS) is 15.5. The Labute approximate surface area is 220 Å². The van der Waals surface area contributed by atoms with Crippen LogP contribution in [0.4, 0.5) is 17.1 Å². The molecule has 0 saturated heterocycles. The number of aromatic amines is 1. The van der Waals surface area contributed by atoms with E-state index in [1.807, 2.05) is 0 Å². The second-order valence-corrected chi connectivity index (χ2v) is 10.3. The van der Waals surface area contributed by atoms with Gasteiger partial charge >= 0.3 is 0 Å². The lowest BCUT2D eigenvalue weighted by Gasteiger charge is -2.29. The number of H-pyrrole nitrogens is 1. The van der Waals surface area contributed by atoms with Gasteiger partial charge in [-0.15, -0.1) is 0 Å². The van der Waals surface area contributed by atoms with Crippen molar-refractivity contribution in [3.63, 3.8) is 0 Å². The number of nitrogens with one attached hydrogen (secondary N) is 1. The Bertz CT molecular complexity index is 1560. The molecule has 0 amide bonds. The van der Waals surface area contributed by atoms with Crippen LogP contribution in [0.1, 0.15) is 62.3 Å². The Kier molecular flexibility index (Phi) is 6.18. The molecule has 0 spiro atoms. The van der Waals surface area contributed by atoms with Gasteiger partial charge in [0.15, 0.2) is 0 Å². The fourth-order valence-electron chi connectivity index (χ4n) is 5.62. The van der Waals surface area contributed by atoms with Crippen molar-refractivity contribution in [2.24, 2.45) is 0 Å².